The fourth-order valence-corrected chi connectivity index (χ4v) is 4.27. The zero-order chi connectivity index (χ0) is 15.9. The maximum atomic E-state index is 12.5. The van der Waals surface area contributed by atoms with Crippen LogP contribution in [0.3, 0.4) is 0 Å². The first kappa shape index (κ1) is 14.9. The number of aromatic nitrogens is 4. The number of hydrogen-bond acceptors (Lipinski definition) is 6. The van der Waals surface area contributed by atoms with Gasteiger partial charge in [0.2, 0.25) is 10.0 Å². The van der Waals surface area contributed by atoms with Crippen molar-refractivity contribution in [2.45, 2.75) is 24.8 Å². The molecule has 1 aliphatic heterocycles. The van der Waals surface area contributed by atoms with E-state index in [0.717, 1.165) is 5.82 Å². The van der Waals surface area contributed by atoms with Crippen LogP contribution in [0.5, 0.6) is 0 Å². The van der Waals surface area contributed by atoms with Crippen LogP contribution in [0.1, 0.15) is 11.4 Å². The molecule has 0 unspecified atom stereocenters. The lowest BCUT2D eigenvalue weighted by Crippen LogP contribution is -2.59. The minimum atomic E-state index is -3.56. The Kier molecular flexibility index (Phi) is 3.61. The zero-order valence-corrected chi connectivity index (χ0v) is 13.5. The normalized spacial score (nSPS) is 15.9. The van der Waals surface area contributed by atoms with Crippen LogP contribution in [-0.4, -0.2) is 47.3 Å². The van der Waals surface area contributed by atoms with Crippen molar-refractivity contribution in [1.82, 2.24) is 24.5 Å². The Bertz CT molecular complexity index is 780. The molecule has 3 rings (SSSR count). The molecule has 22 heavy (non-hydrogen) atoms. The SMILES string of the molecule is Cc1nn(C)c(C)c1S(=O)(=O)NC1CN(c2cnccn2)C1. The summed E-state index contributed by atoms with van der Waals surface area (Å²) < 4.78 is 29.4. The summed E-state index contributed by atoms with van der Waals surface area (Å²) in [4.78, 5) is 10.4. The summed E-state index contributed by atoms with van der Waals surface area (Å²) in [6, 6.07) is -0.133. The maximum absolute atomic E-state index is 12.5. The third-order valence-corrected chi connectivity index (χ3v) is 5.56. The Labute approximate surface area is 129 Å². The van der Waals surface area contributed by atoms with Crippen molar-refractivity contribution in [3.05, 3.63) is 30.0 Å². The molecule has 0 aromatic carbocycles. The molecule has 1 N–H and O–H groups in total. The van der Waals surface area contributed by atoms with Gasteiger partial charge in [0.1, 0.15) is 10.7 Å². The van der Waals surface area contributed by atoms with Crippen LogP contribution in [0.25, 0.3) is 0 Å². The number of rotatable bonds is 4. The summed E-state index contributed by atoms with van der Waals surface area (Å²) in [6.45, 7) is 4.61. The van der Waals surface area contributed by atoms with Gasteiger partial charge in [-0.05, 0) is 13.8 Å². The molecule has 1 fully saturated rings. The summed E-state index contributed by atoms with van der Waals surface area (Å²) in [5, 5.41) is 4.16. The molecule has 8 nitrogen and oxygen atoms in total. The van der Waals surface area contributed by atoms with Crippen LogP contribution in [0, 0.1) is 13.8 Å². The largest absolute Gasteiger partial charge is 0.352 e. The van der Waals surface area contributed by atoms with E-state index in [1.54, 1.807) is 44.2 Å². The van der Waals surface area contributed by atoms with E-state index >= 15 is 0 Å². The number of nitrogens with one attached hydrogen (secondary N) is 1. The lowest BCUT2D eigenvalue weighted by Gasteiger charge is -2.39. The first-order valence-corrected chi connectivity index (χ1v) is 8.40. The third-order valence-electron chi connectivity index (χ3n) is 3.79. The average Bonchev–Trinajstić information content (AvgIpc) is 2.68. The van der Waals surface area contributed by atoms with E-state index < -0.39 is 10.0 Å². The highest BCUT2D eigenvalue weighted by Gasteiger charge is 2.33. The number of sulfonamides is 1. The molecule has 1 aliphatic rings. The van der Waals surface area contributed by atoms with E-state index in [9.17, 15) is 8.42 Å². The first-order chi connectivity index (χ1) is 10.4. The van der Waals surface area contributed by atoms with Crippen molar-refractivity contribution in [2.75, 3.05) is 18.0 Å². The van der Waals surface area contributed by atoms with Gasteiger partial charge in [-0.25, -0.2) is 18.1 Å². The third kappa shape index (κ3) is 2.57. The Hall–Kier alpha value is -2.00. The highest BCUT2D eigenvalue weighted by Crippen LogP contribution is 2.22. The second-order valence-electron chi connectivity index (χ2n) is 5.41. The van der Waals surface area contributed by atoms with E-state index in [4.69, 9.17) is 0 Å². The van der Waals surface area contributed by atoms with Crippen molar-refractivity contribution < 1.29 is 8.42 Å². The highest BCUT2D eigenvalue weighted by molar-refractivity contribution is 7.89. The highest BCUT2D eigenvalue weighted by atomic mass is 32.2. The summed E-state index contributed by atoms with van der Waals surface area (Å²) in [6.07, 6.45) is 4.90. The van der Waals surface area contributed by atoms with Gasteiger partial charge in [-0.15, -0.1) is 0 Å². The van der Waals surface area contributed by atoms with Crippen molar-refractivity contribution in [1.29, 1.82) is 0 Å². The van der Waals surface area contributed by atoms with Gasteiger partial charge in [0, 0.05) is 32.5 Å². The lowest BCUT2D eigenvalue weighted by atomic mass is 10.1. The monoisotopic (exact) mass is 322 g/mol. The summed E-state index contributed by atoms with van der Waals surface area (Å²) in [7, 11) is -1.83. The Balaban J connectivity index is 1.70. The molecule has 0 amide bonds. The topological polar surface area (TPSA) is 93.0 Å². The van der Waals surface area contributed by atoms with Crippen LogP contribution in [-0.2, 0) is 17.1 Å². The molecule has 9 heteroatoms. The average molecular weight is 322 g/mol. The van der Waals surface area contributed by atoms with E-state index in [-0.39, 0.29) is 10.9 Å². The van der Waals surface area contributed by atoms with Gasteiger partial charge < -0.3 is 4.90 Å². The van der Waals surface area contributed by atoms with Crippen LogP contribution >= 0.6 is 0 Å². The number of aryl methyl sites for hydroxylation is 2. The fraction of sp³-hybridized carbons (Fsp3) is 0.462. The van der Waals surface area contributed by atoms with Crippen molar-refractivity contribution in [2.24, 2.45) is 7.05 Å². The summed E-state index contributed by atoms with van der Waals surface area (Å²) in [5.41, 5.74) is 1.15. The Morgan fingerprint density at radius 1 is 1.27 bits per heavy atom. The zero-order valence-electron chi connectivity index (χ0n) is 12.7. The first-order valence-electron chi connectivity index (χ1n) is 6.92. The molecule has 0 aliphatic carbocycles. The molecule has 118 valence electrons. The lowest BCUT2D eigenvalue weighted by molar-refractivity contribution is 0.465. The van der Waals surface area contributed by atoms with E-state index in [0.29, 0.717) is 24.5 Å². The van der Waals surface area contributed by atoms with Crippen molar-refractivity contribution in [3.8, 4) is 0 Å². The van der Waals surface area contributed by atoms with Crippen molar-refractivity contribution >= 4 is 15.8 Å². The second kappa shape index (κ2) is 5.33. The van der Waals surface area contributed by atoms with Gasteiger partial charge in [-0.3, -0.25) is 9.67 Å². The van der Waals surface area contributed by atoms with Gasteiger partial charge in [0.15, 0.2) is 0 Å². The predicted octanol–water partition coefficient (Wildman–Crippen LogP) is -0.00596. The number of hydrogen-bond donors (Lipinski definition) is 1. The number of nitrogens with zero attached hydrogens (tertiary/aromatic N) is 5. The van der Waals surface area contributed by atoms with E-state index in [2.05, 4.69) is 19.8 Å². The molecule has 2 aromatic heterocycles. The second-order valence-corrected chi connectivity index (χ2v) is 7.06. The van der Waals surface area contributed by atoms with Gasteiger partial charge in [0.25, 0.3) is 0 Å². The molecule has 3 heterocycles. The molecule has 0 bridgehead atoms. The molecule has 0 atom stereocenters. The Morgan fingerprint density at radius 3 is 2.55 bits per heavy atom. The van der Waals surface area contributed by atoms with Crippen LogP contribution < -0.4 is 9.62 Å². The van der Waals surface area contributed by atoms with Crippen LogP contribution in [0.2, 0.25) is 0 Å². The van der Waals surface area contributed by atoms with Crippen LogP contribution in [0.4, 0.5) is 5.82 Å². The van der Waals surface area contributed by atoms with E-state index in [1.165, 1.54) is 0 Å². The molecule has 1 saturated heterocycles. The minimum Gasteiger partial charge on any atom is -0.352 e. The molecule has 2 aromatic rings. The Morgan fingerprint density at radius 2 is 2.00 bits per heavy atom. The standard InChI is InChI=1S/C13H18N6O2S/c1-9-13(10(2)18(3)16-9)22(20,21)17-11-7-19(8-11)12-6-14-4-5-15-12/h4-6,11,17H,7-8H2,1-3H3. The van der Waals surface area contributed by atoms with Gasteiger partial charge in [0.05, 0.1) is 23.6 Å². The molecular weight excluding hydrogens is 304 g/mol. The van der Waals surface area contributed by atoms with Gasteiger partial charge in [-0.1, -0.05) is 0 Å². The van der Waals surface area contributed by atoms with Gasteiger partial charge >= 0.3 is 0 Å². The number of anilines is 1. The van der Waals surface area contributed by atoms with Gasteiger partial charge in [-0.2, -0.15) is 5.10 Å². The smallest absolute Gasteiger partial charge is 0.244 e. The molecule has 0 radical (unpaired) electrons. The fourth-order valence-electron chi connectivity index (χ4n) is 2.62. The predicted molar refractivity (Wildman–Crippen MR) is 81.0 cm³/mol. The summed E-state index contributed by atoms with van der Waals surface area (Å²) >= 11 is 0. The minimum absolute atomic E-state index is 0.133. The molecule has 0 saturated carbocycles. The maximum Gasteiger partial charge on any atom is 0.244 e. The molecular formula is C13H18N6O2S. The quantitative estimate of drug-likeness (QED) is 0.851. The van der Waals surface area contributed by atoms with Crippen LogP contribution in [0.15, 0.2) is 23.5 Å². The summed E-state index contributed by atoms with van der Waals surface area (Å²) in [5.74, 6) is 0.756. The molecule has 0 spiro atoms. The van der Waals surface area contributed by atoms with E-state index in [1.807, 2.05) is 4.90 Å². The van der Waals surface area contributed by atoms with Crippen molar-refractivity contribution in [3.63, 3.8) is 0 Å².